The van der Waals surface area contributed by atoms with Crippen molar-refractivity contribution in [2.45, 2.75) is 44.3 Å². The summed E-state index contributed by atoms with van der Waals surface area (Å²) in [6.45, 7) is 6.35. The third-order valence-corrected chi connectivity index (χ3v) is 6.94. The van der Waals surface area contributed by atoms with Gasteiger partial charge in [0.2, 0.25) is 0 Å². The average Bonchev–Trinajstić information content (AvgIpc) is 3.40. The van der Waals surface area contributed by atoms with Crippen molar-refractivity contribution in [3.63, 3.8) is 0 Å². The second-order valence-electron chi connectivity index (χ2n) is 9.13. The van der Waals surface area contributed by atoms with E-state index < -0.39 is 0 Å². The lowest BCUT2D eigenvalue weighted by Gasteiger charge is -2.34. The largest absolute Gasteiger partial charge is 0.496 e. The summed E-state index contributed by atoms with van der Waals surface area (Å²) in [5.74, 6) is 1.86. The third-order valence-electron chi connectivity index (χ3n) is 6.94. The Labute approximate surface area is 199 Å². The Morgan fingerprint density at radius 3 is 2.39 bits per heavy atom. The number of likely N-dealkylation sites (tertiary alicyclic amines) is 2. The number of piperidine rings is 1. The molecule has 0 aromatic heterocycles. The van der Waals surface area contributed by atoms with Crippen LogP contribution in [0.1, 0.15) is 42.9 Å². The van der Waals surface area contributed by atoms with Crippen LogP contribution in [0.15, 0.2) is 59.6 Å². The zero-order valence-corrected chi connectivity index (χ0v) is 20.2. The van der Waals surface area contributed by atoms with Gasteiger partial charge in [0.1, 0.15) is 5.75 Å². The van der Waals surface area contributed by atoms with Crippen LogP contribution in [0.5, 0.6) is 5.75 Å². The highest BCUT2D eigenvalue weighted by Gasteiger charge is 2.26. The molecule has 2 N–H and O–H groups in total. The van der Waals surface area contributed by atoms with Crippen molar-refractivity contribution in [1.29, 1.82) is 0 Å². The fourth-order valence-electron chi connectivity index (χ4n) is 5.09. The zero-order chi connectivity index (χ0) is 22.9. The predicted octanol–water partition coefficient (Wildman–Crippen LogP) is 3.66. The lowest BCUT2D eigenvalue weighted by Crippen LogP contribution is -2.50. The summed E-state index contributed by atoms with van der Waals surface area (Å²) >= 11 is 0. The Hall–Kier alpha value is -2.57. The number of rotatable bonds is 8. The van der Waals surface area contributed by atoms with Gasteiger partial charge in [-0.3, -0.25) is 14.8 Å². The van der Waals surface area contributed by atoms with E-state index in [0.29, 0.717) is 6.04 Å². The highest BCUT2D eigenvalue weighted by molar-refractivity contribution is 5.80. The molecule has 6 heteroatoms. The van der Waals surface area contributed by atoms with Gasteiger partial charge in [-0.15, -0.1) is 0 Å². The Morgan fingerprint density at radius 2 is 1.70 bits per heavy atom. The van der Waals surface area contributed by atoms with E-state index in [0.717, 1.165) is 63.8 Å². The van der Waals surface area contributed by atoms with Crippen LogP contribution in [0.2, 0.25) is 0 Å². The molecular weight excluding hydrogens is 410 g/mol. The first-order valence-electron chi connectivity index (χ1n) is 12.4. The molecule has 1 atom stereocenters. The van der Waals surface area contributed by atoms with E-state index in [1.165, 1.54) is 24.0 Å². The number of methoxy groups -OCH3 is 1. The molecule has 2 fully saturated rings. The number of hydrogen-bond donors (Lipinski definition) is 2. The number of benzene rings is 2. The molecule has 2 saturated heterocycles. The molecule has 1 unspecified atom stereocenters. The van der Waals surface area contributed by atoms with Crippen LogP contribution in [0.3, 0.4) is 0 Å². The number of aliphatic imine (C=N–C) groups is 1. The quantitative estimate of drug-likeness (QED) is 0.476. The summed E-state index contributed by atoms with van der Waals surface area (Å²) in [6, 6.07) is 19.9. The van der Waals surface area contributed by atoms with Gasteiger partial charge in [-0.1, -0.05) is 48.5 Å². The van der Waals surface area contributed by atoms with Crippen molar-refractivity contribution in [1.82, 2.24) is 20.4 Å². The number of ether oxygens (including phenoxy) is 1. The normalized spacial score (nSPS) is 19.4. The highest BCUT2D eigenvalue weighted by atomic mass is 16.5. The minimum atomic E-state index is 0.273. The molecule has 33 heavy (non-hydrogen) atoms. The molecule has 2 aliphatic rings. The van der Waals surface area contributed by atoms with Gasteiger partial charge in [0, 0.05) is 44.8 Å². The molecule has 0 amide bonds. The van der Waals surface area contributed by atoms with E-state index in [1.54, 1.807) is 7.11 Å². The molecule has 4 rings (SSSR count). The molecule has 2 aliphatic heterocycles. The lowest BCUT2D eigenvalue weighted by atomic mass is 10.0. The molecule has 0 aliphatic carbocycles. The minimum Gasteiger partial charge on any atom is -0.496 e. The Morgan fingerprint density at radius 1 is 1.00 bits per heavy atom. The fraction of sp³-hybridized carbons (Fsp3) is 0.519. The van der Waals surface area contributed by atoms with Gasteiger partial charge in [-0.25, -0.2) is 0 Å². The number of nitrogens with zero attached hydrogens (tertiary/aromatic N) is 3. The van der Waals surface area contributed by atoms with Crippen LogP contribution < -0.4 is 15.4 Å². The summed E-state index contributed by atoms with van der Waals surface area (Å²) in [4.78, 5) is 9.65. The summed E-state index contributed by atoms with van der Waals surface area (Å²) in [5.41, 5.74) is 2.64. The van der Waals surface area contributed by atoms with Crippen molar-refractivity contribution in [2.75, 3.05) is 46.9 Å². The maximum atomic E-state index is 5.69. The Bertz CT molecular complexity index is 873. The van der Waals surface area contributed by atoms with Crippen molar-refractivity contribution >= 4 is 5.96 Å². The van der Waals surface area contributed by atoms with Gasteiger partial charge < -0.3 is 15.4 Å². The second kappa shape index (κ2) is 12.1. The van der Waals surface area contributed by atoms with E-state index in [2.05, 4.69) is 74.0 Å². The van der Waals surface area contributed by atoms with Crippen LogP contribution in [0, 0.1) is 0 Å². The number of guanidine groups is 1. The van der Waals surface area contributed by atoms with E-state index in [4.69, 9.17) is 4.74 Å². The SMILES string of the molecule is CN=C(NCC(c1ccccc1OC)N1CCCC1)NC1CCN(Cc2ccccc2)CC1. The Balaban J connectivity index is 1.30. The number of nitrogens with one attached hydrogen (secondary N) is 2. The van der Waals surface area contributed by atoms with Crippen LogP contribution in [0.4, 0.5) is 0 Å². The first-order chi connectivity index (χ1) is 16.3. The van der Waals surface area contributed by atoms with E-state index in [1.807, 2.05) is 13.1 Å². The predicted molar refractivity (Wildman–Crippen MR) is 136 cm³/mol. The molecule has 178 valence electrons. The van der Waals surface area contributed by atoms with Crippen molar-refractivity contribution < 1.29 is 4.74 Å². The van der Waals surface area contributed by atoms with Crippen LogP contribution in [-0.4, -0.2) is 68.7 Å². The summed E-state index contributed by atoms with van der Waals surface area (Å²) in [7, 11) is 3.63. The molecule has 0 saturated carbocycles. The average molecular weight is 450 g/mol. The second-order valence-corrected chi connectivity index (χ2v) is 9.13. The standard InChI is InChI=1S/C27H39N5O/c1-28-27(30-23-14-18-31(19-15-23)21-22-10-4-3-5-11-22)29-20-25(32-16-8-9-17-32)24-12-6-7-13-26(24)33-2/h3-7,10-13,23,25H,8-9,14-21H2,1-2H3,(H2,28,29,30). The highest BCUT2D eigenvalue weighted by Crippen LogP contribution is 2.31. The molecule has 2 aromatic carbocycles. The summed E-state index contributed by atoms with van der Waals surface area (Å²) in [5, 5.41) is 7.30. The van der Waals surface area contributed by atoms with E-state index in [-0.39, 0.29) is 6.04 Å². The number of hydrogen-bond acceptors (Lipinski definition) is 4. The van der Waals surface area contributed by atoms with Crippen molar-refractivity contribution in [3.05, 3.63) is 65.7 Å². The smallest absolute Gasteiger partial charge is 0.191 e. The van der Waals surface area contributed by atoms with Crippen LogP contribution in [-0.2, 0) is 6.54 Å². The molecule has 0 spiro atoms. The monoisotopic (exact) mass is 449 g/mol. The lowest BCUT2D eigenvalue weighted by molar-refractivity contribution is 0.198. The topological polar surface area (TPSA) is 52.1 Å². The molecular formula is C27H39N5O. The molecule has 2 heterocycles. The van der Waals surface area contributed by atoms with Crippen LogP contribution in [0.25, 0.3) is 0 Å². The molecule has 6 nitrogen and oxygen atoms in total. The van der Waals surface area contributed by atoms with Gasteiger partial charge in [-0.2, -0.15) is 0 Å². The molecule has 0 radical (unpaired) electrons. The number of para-hydroxylation sites is 1. The third kappa shape index (κ3) is 6.49. The van der Waals surface area contributed by atoms with Gasteiger partial charge in [0.05, 0.1) is 13.2 Å². The van der Waals surface area contributed by atoms with Crippen molar-refractivity contribution in [2.24, 2.45) is 4.99 Å². The molecule has 0 bridgehead atoms. The van der Waals surface area contributed by atoms with Gasteiger partial charge in [-0.05, 0) is 50.4 Å². The van der Waals surface area contributed by atoms with Gasteiger partial charge in [0.25, 0.3) is 0 Å². The minimum absolute atomic E-state index is 0.273. The van der Waals surface area contributed by atoms with Crippen molar-refractivity contribution in [3.8, 4) is 5.75 Å². The van der Waals surface area contributed by atoms with Gasteiger partial charge in [0.15, 0.2) is 5.96 Å². The van der Waals surface area contributed by atoms with Crippen LogP contribution >= 0.6 is 0 Å². The first-order valence-corrected chi connectivity index (χ1v) is 12.4. The first kappa shape index (κ1) is 23.6. The zero-order valence-electron chi connectivity index (χ0n) is 20.2. The van der Waals surface area contributed by atoms with E-state index in [9.17, 15) is 0 Å². The molecule has 2 aromatic rings. The van der Waals surface area contributed by atoms with Gasteiger partial charge >= 0.3 is 0 Å². The van der Waals surface area contributed by atoms with E-state index >= 15 is 0 Å². The maximum absolute atomic E-state index is 5.69. The Kier molecular flexibility index (Phi) is 8.61. The maximum Gasteiger partial charge on any atom is 0.191 e. The summed E-state index contributed by atoms with van der Waals surface area (Å²) in [6.07, 6.45) is 4.80. The summed E-state index contributed by atoms with van der Waals surface area (Å²) < 4.78 is 5.69. The fourth-order valence-corrected chi connectivity index (χ4v) is 5.09.